The van der Waals surface area contributed by atoms with Crippen LogP contribution >= 0.6 is 0 Å². The zero-order valence-electron chi connectivity index (χ0n) is 22.8. The second kappa shape index (κ2) is 11.9. The van der Waals surface area contributed by atoms with Gasteiger partial charge in [0.1, 0.15) is 0 Å². The summed E-state index contributed by atoms with van der Waals surface area (Å²) in [5, 5.41) is 0. The number of benzene rings is 2. The summed E-state index contributed by atoms with van der Waals surface area (Å²) in [6, 6.07) is 12.1. The van der Waals surface area contributed by atoms with Gasteiger partial charge in [0.15, 0.2) is 0 Å². The predicted octanol–water partition coefficient (Wildman–Crippen LogP) is 10.6. The Kier molecular flexibility index (Phi) is 8.95. The standard InChI is InChI=1S/C34H50/c1-5-6-7-8-9-10-11-12-13-14-15-16-18-28(4)34-24-17-19-29-27(3)21-23-31(33(29)34)30-22-20-26(2)25-32(30)34/h20-23,25,28H,5-19,24H2,1-4H3. The Labute approximate surface area is 211 Å². The number of hydrogen-bond acceptors (Lipinski definition) is 0. The molecule has 0 saturated carbocycles. The van der Waals surface area contributed by atoms with E-state index >= 15 is 0 Å². The molecule has 0 N–H and O–H groups in total. The number of rotatable bonds is 14. The van der Waals surface area contributed by atoms with Crippen LogP contribution < -0.4 is 0 Å². The van der Waals surface area contributed by atoms with E-state index in [2.05, 4.69) is 58.0 Å². The van der Waals surface area contributed by atoms with E-state index in [0.29, 0.717) is 0 Å². The van der Waals surface area contributed by atoms with Crippen molar-refractivity contribution in [3.63, 3.8) is 0 Å². The zero-order valence-corrected chi connectivity index (χ0v) is 22.8. The molecule has 0 amide bonds. The molecule has 2 atom stereocenters. The molecule has 0 heterocycles. The third-order valence-electron chi connectivity index (χ3n) is 9.27. The van der Waals surface area contributed by atoms with Crippen molar-refractivity contribution in [1.82, 2.24) is 0 Å². The lowest BCUT2D eigenvalue weighted by Gasteiger charge is -2.43. The van der Waals surface area contributed by atoms with Crippen LogP contribution in [0.4, 0.5) is 0 Å². The Bertz CT molecular complexity index is 935. The Morgan fingerprint density at radius 3 is 2.06 bits per heavy atom. The fraction of sp³-hybridized carbons (Fsp3) is 0.647. The Morgan fingerprint density at radius 2 is 1.38 bits per heavy atom. The SMILES string of the molecule is CCCCCCCCCCCCCCC(C)C12CCCc3c(C)ccc(c31)-c1ccc(C)cc12. The number of hydrogen-bond donors (Lipinski definition) is 0. The maximum atomic E-state index is 2.58. The molecule has 0 bridgehead atoms. The molecule has 0 fully saturated rings. The Hall–Kier alpha value is -1.56. The van der Waals surface area contributed by atoms with Crippen LogP contribution in [0.25, 0.3) is 11.1 Å². The largest absolute Gasteiger partial charge is 0.0654 e. The molecule has 186 valence electrons. The third kappa shape index (κ3) is 5.17. The van der Waals surface area contributed by atoms with Crippen LogP contribution in [0, 0.1) is 19.8 Å². The normalized spacial score (nSPS) is 19.2. The Morgan fingerprint density at radius 1 is 0.765 bits per heavy atom. The molecule has 2 aromatic rings. The minimum Gasteiger partial charge on any atom is -0.0654 e. The molecule has 2 aliphatic rings. The maximum absolute atomic E-state index is 2.58. The first-order valence-electron chi connectivity index (χ1n) is 14.8. The lowest BCUT2D eigenvalue weighted by molar-refractivity contribution is 0.282. The van der Waals surface area contributed by atoms with Gasteiger partial charge in [-0.2, -0.15) is 0 Å². The van der Waals surface area contributed by atoms with E-state index in [1.807, 2.05) is 0 Å². The highest BCUT2D eigenvalue weighted by Crippen LogP contribution is 2.59. The van der Waals surface area contributed by atoms with Gasteiger partial charge in [0.25, 0.3) is 0 Å². The van der Waals surface area contributed by atoms with Crippen molar-refractivity contribution in [3.05, 3.63) is 58.1 Å². The smallest absolute Gasteiger partial charge is 0.0243 e. The van der Waals surface area contributed by atoms with E-state index < -0.39 is 0 Å². The highest BCUT2D eigenvalue weighted by atomic mass is 14.5. The second-order valence-electron chi connectivity index (χ2n) is 11.7. The van der Waals surface area contributed by atoms with Crippen molar-refractivity contribution in [2.45, 2.75) is 136 Å². The predicted molar refractivity (Wildman–Crippen MR) is 150 cm³/mol. The minimum absolute atomic E-state index is 0.258. The van der Waals surface area contributed by atoms with E-state index in [4.69, 9.17) is 0 Å². The first-order valence-corrected chi connectivity index (χ1v) is 14.8. The van der Waals surface area contributed by atoms with Crippen LogP contribution in [0.3, 0.4) is 0 Å². The molecule has 0 radical (unpaired) electrons. The lowest BCUT2D eigenvalue weighted by atomic mass is 9.60. The van der Waals surface area contributed by atoms with E-state index in [1.54, 1.807) is 22.3 Å². The van der Waals surface area contributed by atoms with Gasteiger partial charge < -0.3 is 0 Å². The van der Waals surface area contributed by atoms with E-state index in [-0.39, 0.29) is 5.41 Å². The molecule has 0 heteroatoms. The fourth-order valence-corrected chi connectivity index (χ4v) is 7.30. The van der Waals surface area contributed by atoms with E-state index in [9.17, 15) is 0 Å². The third-order valence-corrected chi connectivity index (χ3v) is 9.27. The molecule has 0 nitrogen and oxygen atoms in total. The quantitative estimate of drug-likeness (QED) is 0.247. The molecular weight excluding hydrogens is 408 g/mol. The molecule has 0 aliphatic heterocycles. The topological polar surface area (TPSA) is 0 Å². The molecular formula is C34H50. The summed E-state index contributed by atoms with van der Waals surface area (Å²) in [7, 11) is 0. The molecule has 2 unspecified atom stereocenters. The molecule has 0 saturated heterocycles. The van der Waals surface area contributed by atoms with E-state index in [1.165, 1.54) is 119 Å². The van der Waals surface area contributed by atoms with Crippen molar-refractivity contribution in [2.24, 2.45) is 5.92 Å². The summed E-state index contributed by atoms with van der Waals surface area (Å²) >= 11 is 0. The molecule has 2 aliphatic carbocycles. The van der Waals surface area contributed by atoms with Gasteiger partial charge in [-0.05, 0) is 78.8 Å². The summed E-state index contributed by atoms with van der Waals surface area (Å²) in [5.74, 6) is 0.721. The first-order chi connectivity index (χ1) is 16.6. The summed E-state index contributed by atoms with van der Waals surface area (Å²) in [5.41, 5.74) is 11.3. The maximum Gasteiger partial charge on any atom is 0.0243 e. The summed E-state index contributed by atoms with van der Waals surface area (Å²) < 4.78 is 0. The minimum atomic E-state index is 0.258. The van der Waals surface area contributed by atoms with Crippen LogP contribution in [0.1, 0.15) is 138 Å². The highest BCUT2D eigenvalue weighted by Gasteiger charge is 2.49. The average Bonchev–Trinajstić information content (AvgIpc) is 3.13. The van der Waals surface area contributed by atoms with Crippen LogP contribution in [0.2, 0.25) is 0 Å². The van der Waals surface area contributed by atoms with Crippen LogP contribution in [-0.2, 0) is 11.8 Å². The highest BCUT2D eigenvalue weighted by molar-refractivity contribution is 5.83. The number of unbranched alkanes of at least 4 members (excludes halogenated alkanes) is 11. The van der Waals surface area contributed by atoms with Crippen molar-refractivity contribution in [3.8, 4) is 11.1 Å². The van der Waals surface area contributed by atoms with Gasteiger partial charge in [-0.1, -0.05) is 127 Å². The van der Waals surface area contributed by atoms with Crippen LogP contribution in [0.15, 0.2) is 30.3 Å². The van der Waals surface area contributed by atoms with Gasteiger partial charge in [0, 0.05) is 5.41 Å². The fourth-order valence-electron chi connectivity index (χ4n) is 7.30. The summed E-state index contributed by atoms with van der Waals surface area (Å²) in [6.07, 6.45) is 22.6. The molecule has 0 aromatic heterocycles. The van der Waals surface area contributed by atoms with Crippen LogP contribution in [-0.4, -0.2) is 0 Å². The van der Waals surface area contributed by atoms with Crippen molar-refractivity contribution in [1.29, 1.82) is 0 Å². The first kappa shape index (κ1) is 25.5. The molecule has 34 heavy (non-hydrogen) atoms. The van der Waals surface area contributed by atoms with Crippen LogP contribution in [0.5, 0.6) is 0 Å². The van der Waals surface area contributed by atoms with Gasteiger partial charge in [0.2, 0.25) is 0 Å². The lowest BCUT2D eigenvalue weighted by Crippen LogP contribution is -2.37. The van der Waals surface area contributed by atoms with E-state index in [0.717, 1.165) is 5.92 Å². The second-order valence-corrected chi connectivity index (χ2v) is 11.7. The number of fused-ring (bicyclic) bond motifs is 3. The van der Waals surface area contributed by atoms with Crippen molar-refractivity contribution in [2.75, 3.05) is 0 Å². The van der Waals surface area contributed by atoms with Gasteiger partial charge in [-0.25, -0.2) is 0 Å². The number of aryl methyl sites for hydroxylation is 2. The molecule has 2 aromatic carbocycles. The van der Waals surface area contributed by atoms with Gasteiger partial charge >= 0.3 is 0 Å². The van der Waals surface area contributed by atoms with Gasteiger partial charge in [-0.15, -0.1) is 0 Å². The molecule has 0 spiro atoms. The van der Waals surface area contributed by atoms with Gasteiger partial charge in [0.05, 0.1) is 0 Å². The van der Waals surface area contributed by atoms with Gasteiger partial charge in [-0.3, -0.25) is 0 Å². The van der Waals surface area contributed by atoms with Crippen molar-refractivity contribution < 1.29 is 0 Å². The summed E-state index contributed by atoms with van der Waals surface area (Å²) in [6.45, 7) is 9.51. The monoisotopic (exact) mass is 458 g/mol. The molecule has 4 rings (SSSR count). The zero-order chi connectivity index (χ0) is 24.0. The van der Waals surface area contributed by atoms with Crippen molar-refractivity contribution >= 4 is 0 Å². The summed E-state index contributed by atoms with van der Waals surface area (Å²) in [4.78, 5) is 0. The average molecular weight is 459 g/mol. The Balaban J connectivity index is 1.33.